The molecule has 0 saturated heterocycles. The predicted molar refractivity (Wildman–Crippen MR) is 118 cm³/mol. The van der Waals surface area contributed by atoms with Crippen LogP contribution in [0.4, 0.5) is 0 Å². The van der Waals surface area contributed by atoms with Crippen LogP contribution in [0.2, 0.25) is 10.0 Å². The Hall–Kier alpha value is -1.51. The summed E-state index contributed by atoms with van der Waals surface area (Å²) in [5, 5.41) is 0.980. The topological polar surface area (TPSA) is 20.3 Å². The molecule has 2 aromatic rings. The standard InChI is InChI=1S/C24H29Cl2NO/c1-15-12-18(20(26)13-19(15)25)22(28)27(14-17-10-8-7-9-11-17)16(2)21-23(3,4)24(21,5)6/h7-13,16,21H,14H2,1-6H3/t16-/m0/s1. The lowest BCUT2D eigenvalue weighted by molar-refractivity contribution is 0.0634. The predicted octanol–water partition coefficient (Wildman–Crippen LogP) is 7.01. The summed E-state index contributed by atoms with van der Waals surface area (Å²) in [4.78, 5) is 15.6. The van der Waals surface area contributed by atoms with Gasteiger partial charge < -0.3 is 4.90 Å². The van der Waals surface area contributed by atoms with Crippen LogP contribution in [0.15, 0.2) is 42.5 Å². The average Bonchev–Trinajstić information content (AvgIpc) is 3.04. The van der Waals surface area contributed by atoms with Crippen molar-refractivity contribution in [1.29, 1.82) is 0 Å². The smallest absolute Gasteiger partial charge is 0.255 e. The lowest BCUT2D eigenvalue weighted by Crippen LogP contribution is -2.41. The minimum Gasteiger partial charge on any atom is -0.331 e. The Morgan fingerprint density at radius 1 is 1.04 bits per heavy atom. The van der Waals surface area contributed by atoms with Crippen LogP contribution in [0.1, 0.15) is 56.1 Å². The Morgan fingerprint density at radius 2 is 1.61 bits per heavy atom. The lowest BCUT2D eigenvalue weighted by Gasteiger charge is -2.32. The van der Waals surface area contributed by atoms with Gasteiger partial charge in [-0.1, -0.05) is 81.2 Å². The van der Waals surface area contributed by atoms with Crippen LogP contribution in [0, 0.1) is 23.7 Å². The maximum atomic E-state index is 13.6. The molecule has 0 unspecified atom stereocenters. The first-order valence-corrected chi connectivity index (χ1v) is 10.5. The minimum absolute atomic E-state index is 0.0420. The van der Waals surface area contributed by atoms with Crippen LogP contribution in [-0.4, -0.2) is 16.8 Å². The number of carbonyl (C=O) groups is 1. The van der Waals surface area contributed by atoms with E-state index in [1.165, 1.54) is 0 Å². The third-order valence-corrected chi connectivity index (χ3v) is 7.76. The first kappa shape index (κ1) is 21.2. The van der Waals surface area contributed by atoms with Crippen LogP contribution >= 0.6 is 23.2 Å². The average molecular weight is 418 g/mol. The van der Waals surface area contributed by atoms with Crippen molar-refractivity contribution in [3.63, 3.8) is 0 Å². The number of halogens is 2. The van der Waals surface area contributed by atoms with Crippen molar-refractivity contribution in [2.24, 2.45) is 16.7 Å². The maximum Gasteiger partial charge on any atom is 0.255 e. The van der Waals surface area contributed by atoms with Crippen LogP contribution in [0.3, 0.4) is 0 Å². The summed E-state index contributed by atoms with van der Waals surface area (Å²) >= 11 is 12.6. The Labute approximate surface area is 178 Å². The zero-order valence-electron chi connectivity index (χ0n) is 17.5. The molecule has 2 aromatic carbocycles. The van der Waals surface area contributed by atoms with E-state index in [4.69, 9.17) is 23.2 Å². The Kier molecular flexibility index (Phi) is 5.59. The summed E-state index contributed by atoms with van der Waals surface area (Å²) in [5.41, 5.74) is 2.85. The van der Waals surface area contributed by atoms with E-state index in [9.17, 15) is 4.79 Å². The van der Waals surface area contributed by atoms with Crippen LogP contribution in [0.25, 0.3) is 0 Å². The molecular weight excluding hydrogens is 389 g/mol. The molecule has 0 aromatic heterocycles. The van der Waals surface area contributed by atoms with Gasteiger partial charge in [0.2, 0.25) is 0 Å². The van der Waals surface area contributed by atoms with Gasteiger partial charge in [-0.25, -0.2) is 0 Å². The molecular formula is C24H29Cl2NO. The number of benzene rings is 2. The highest BCUT2D eigenvalue weighted by Crippen LogP contribution is 2.70. The van der Waals surface area contributed by atoms with Crippen LogP contribution in [-0.2, 0) is 6.54 Å². The van der Waals surface area contributed by atoms with E-state index in [0.717, 1.165) is 11.1 Å². The summed E-state index contributed by atoms with van der Waals surface area (Å²) in [7, 11) is 0. The molecule has 28 heavy (non-hydrogen) atoms. The van der Waals surface area contributed by atoms with Crippen molar-refractivity contribution in [2.45, 2.75) is 54.1 Å². The fraction of sp³-hybridized carbons (Fsp3) is 0.458. The van der Waals surface area contributed by atoms with E-state index in [1.807, 2.05) is 30.0 Å². The maximum absolute atomic E-state index is 13.6. The largest absolute Gasteiger partial charge is 0.331 e. The van der Waals surface area contributed by atoms with Crippen molar-refractivity contribution < 1.29 is 4.79 Å². The Balaban J connectivity index is 1.99. The fourth-order valence-electron chi connectivity index (χ4n) is 4.79. The van der Waals surface area contributed by atoms with Gasteiger partial charge in [-0.2, -0.15) is 0 Å². The molecule has 0 aliphatic heterocycles. The van der Waals surface area contributed by atoms with Crippen molar-refractivity contribution in [1.82, 2.24) is 4.90 Å². The zero-order chi connectivity index (χ0) is 20.9. The van der Waals surface area contributed by atoms with Crippen molar-refractivity contribution in [3.8, 4) is 0 Å². The molecule has 1 atom stereocenters. The molecule has 1 aliphatic rings. The van der Waals surface area contributed by atoms with E-state index in [0.29, 0.717) is 28.1 Å². The molecule has 1 aliphatic carbocycles. The van der Waals surface area contributed by atoms with Gasteiger partial charge in [0, 0.05) is 17.6 Å². The molecule has 0 bridgehead atoms. The van der Waals surface area contributed by atoms with Gasteiger partial charge in [0.25, 0.3) is 5.91 Å². The van der Waals surface area contributed by atoms with E-state index < -0.39 is 0 Å². The second kappa shape index (κ2) is 7.39. The van der Waals surface area contributed by atoms with Crippen LogP contribution < -0.4 is 0 Å². The molecule has 0 heterocycles. The van der Waals surface area contributed by atoms with Crippen molar-refractivity contribution in [2.75, 3.05) is 0 Å². The highest BCUT2D eigenvalue weighted by Gasteiger charge is 2.67. The minimum atomic E-state index is -0.0420. The molecule has 150 valence electrons. The third-order valence-electron chi connectivity index (χ3n) is 7.04. The van der Waals surface area contributed by atoms with Gasteiger partial charge in [0.05, 0.1) is 10.6 Å². The molecule has 0 N–H and O–H groups in total. The molecule has 3 rings (SSSR count). The molecule has 1 amide bonds. The van der Waals surface area contributed by atoms with E-state index in [2.05, 4.69) is 46.8 Å². The monoisotopic (exact) mass is 417 g/mol. The molecule has 1 fully saturated rings. The van der Waals surface area contributed by atoms with E-state index in [-0.39, 0.29) is 22.8 Å². The summed E-state index contributed by atoms with van der Waals surface area (Å²) in [6.45, 7) is 13.8. The van der Waals surface area contributed by atoms with Gasteiger partial charge >= 0.3 is 0 Å². The Bertz CT molecular complexity index is 875. The van der Waals surface area contributed by atoms with E-state index in [1.54, 1.807) is 12.1 Å². The van der Waals surface area contributed by atoms with Crippen molar-refractivity contribution in [3.05, 3.63) is 69.2 Å². The highest BCUT2D eigenvalue weighted by molar-refractivity contribution is 6.37. The SMILES string of the molecule is Cc1cc(C(=O)N(Cc2ccccc2)[C@@H](C)C2C(C)(C)C2(C)C)c(Cl)cc1Cl. The normalized spacial score (nSPS) is 18.6. The van der Waals surface area contributed by atoms with Gasteiger partial charge in [0.1, 0.15) is 0 Å². The van der Waals surface area contributed by atoms with Gasteiger partial charge in [-0.15, -0.1) is 0 Å². The number of rotatable bonds is 5. The summed E-state index contributed by atoms with van der Waals surface area (Å²) in [6.07, 6.45) is 0. The number of hydrogen-bond donors (Lipinski definition) is 0. The molecule has 2 nitrogen and oxygen atoms in total. The lowest BCUT2D eigenvalue weighted by atomic mass is 10.0. The first-order valence-electron chi connectivity index (χ1n) is 9.79. The van der Waals surface area contributed by atoms with Crippen molar-refractivity contribution >= 4 is 29.1 Å². The summed E-state index contributed by atoms with van der Waals surface area (Å²) in [6, 6.07) is 13.7. The molecule has 4 heteroatoms. The second-order valence-corrected chi connectivity index (χ2v) is 9.98. The number of carbonyl (C=O) groups excluding carboxylic acids is 1. The fourth-order valence-corrected chi connectivity index (χ4v) is 5.25. The van der Waals surface area contributed by atoms with Gasteiger partial charge in [-0.3, -0.25) is 4.79 Å². The number of hydrogen-bond acceptors (Lipinski definition) is 1. The quantitative estimate of drug-likeness (QED) is 0.511. The molecule has 0 radical (unpaired) electrons. The van der Waals surface area contributed by atoms with E-state index >= 15 is 0 Å². The number of nitrogens with zero attached hydrogens (tertiary/aromatic N) is 1. The third kappa shape index (κ3) is 3.57. The van der Waals surface area contributed by atoms with Crippen LogP contribution in [0.5, 0.6) is 0 Å². The summed E-state index contributed by atoms with van der Waals surface area (Å²) in [5.74, 6) is 0.374. The highest BCUT2D eigenvalue weighted by atomic mass is 35.5. The zero-order valence-corrected chi connectivity index (χ0v) is 19.0. The van der Waals surface area contributed by atoms with Gasteiger partial charge in [0.15, 0.2) is 0 Å². The second-order valence-electron chi connectivity index (χ2n) is 9.16. The summed E-state index contributed by atoms with van der Waals surface area (Å²) < 4.78 is 0. The molecule has 0 spiro atoms. The number of amides is 1. The Morgan fingerprint density at radius 3 is 2.14 bits per heavy atom. The molecule has 1 saturated carbocycles. The van der Waals surface area contributed by atoms with Gasteiger partial charge in [-0.05, 0) is 53.9 Å². The first-order chi connectivity index (χ1) is 13.0. The number of aryl methyl sites for hydroxylation is 1.